The van der Waals surface area contributed by atoms with Crippen LogP contribution in [-0.4, -0.2) is 4.98 Å². The zero-order chi connectivity index (χ0) is 8.43. The lowest BCUT2D eigenvalue weighted by atomic mass is 10.4. The monoisotopic (exact) mass is 186 g/mol. The summed E-state index contributed by atoms with van der Waals surface area (Å²) in [5, 5.41) is 0.790. The number of hydrogen-bond acceptors (Lipinski definition) is 1. The summed E-state index contributed by atoms with van der Waals surface area (Å²) >= 11 is 11.3. The van der Waals surface area contributed by atoms with E-state index in [1.165, 1.54) is 6.07 Å². The highest BCUT2D eigenvalue weighted by Gasteiger charge is 2.06. The van der Waals surface area contributed by atoms with E-state index in [2.05, 4.69) is 9.83 Å². The van der Waals surface area contributed by atoms with Crippen LogP contribution >= 0.6 is 23.2 Å². The molecule has 1 aromatic heterocycles. The number of hydrogen-bond donors (Lipinski definition) is 0. The first-order valence-electron chi connectivity index (χ1n) is 2.85. The van der Waals surface area contributed by atoms with Crippen LogP contribution in [0.1, 0.15) is 5.69 Å². The topological polar surface area (TPSA) is 17.2 Å². The summed E-state index contributed by atoms with van der Waals surface area (Å²) < 4.78 is 0. The molecule has 1 heterocycles. The molecule has 0 aliphatic rings. The third-order valence-corrected chi connectivity index (χ3v) is 1.85. The van der Waals surface area contributed by atoms with Crippen molar-refractivity contribution in [3.8, 4) is 0 Å². The fraction of sp³-hybridized carbons (Fsp3) is 0.143. The summed E-state index contributed by atoms with van der Waals surface area (Å²) in [5.74, 6) is 0.202. The highest BCUT2D eigenvalue weighted by Crippen LogP contribution is 2.27. The van der Waals surface area contributed by atoms with Crippen LogP contribution in [0.5, 0.6) is 0 Å². The molecule has 0 bridgehead atoms. The highest BCUT2D eigenvalue weighted by molar-refractivity contribution is 6.36. The molecule has 0 atom stereocenters. The molecule has 1 rings (SSSR count). The molecule has 1 aromatic rings. The normalized spacial score (nSPS) is 9.27. The fourth-order valence-corrected chi connectivity index (χ4v) is 1.03. The van der Waals surface area contributed by atoms with Crippen molar-refractivity contribution in [1.29, 1.82) is 0 Å². The van der Waals surface area contributed by atoms with Crippen molar-refractivity contribution < 1.29 is 0 Å². The summed E-state index contributed by atoms with van der Waals surface area (Å²) in [6.07, 6.45) is 0. The summed E-state index contributed by atoms with van der Waals surface area (Å²) in [7, 11) is 0. The maximum Gasteiger partial charge on any atom is 0.288 e. The van der Waals surface area contributed by atoms with Crippen LogP contribution in [0.25, 0.3) is 4.85 Å². The number of aromatic nitrogens is 1. The van der Waals surface area contributed by atoms with Crippen LogP contribution in [0.2, 0.25) is 10.0 Å². The van der Waals surface area contributed by atoms with Crippen LogP contribution in [0.15, 0.2) is 6.07 Å². The van der Waals surface area contributed by atoms with E-state index in [9.17, 15) is 0 Å². The van der Waals surface area contributed by atoms with Gasteiger partial charge in [-0.05, 0) is 6.07 Å². The Hall–Kier alpha value is -0.780. The molecule has 0 saturated heterocycles. The van der Waals surface area contributed by atoms with Crippen molar-refractivity contribution in [2.45, 2.75) is 6.92 Å². The summed E-state index contributed by atoms with van der Waals surface area (Å²) in [5.41, 5.74) is 0.627. The molecule has 11 heavy (non-hydrogen) atoms. The molecule has 0 amide bonds. The summed E-state index contributed by atoms with van der Waals surface area (Å²) in [6, 6.07) is 1.53. The quantitative estimate of drug-likeness (QED) is 0.569. The van der Waals surface area contributed by atoms with Crippen molar-refractivity contribution in [3.63, 3.8) is 0 Å². The molecule has 0 aliphatic carbocycles. The average Bonchev–Trinajstić information content (AvgIpc) is 1.97. The molecular weight excluding hydrogens is 183 g/mol. The molecule has 56 valence electrons. The van der Waals surface area contributed by atoms with E-state index < -0.39 is 0 Å². The van der Waals surface area contributed by atoms with Crippen molar-refractivity contribution in [2.24, 2.45) is 0 Å². The predicted molar refractivity (Wildman–Crippen MR) is 45.3 cm³/mol. The number of pyridine rings is 1. The van der Waals surface area contributed by atoms with Gasteiger partial charge in [-0.25, -0.2) is 0 Å². The summed E-state index contributed by atoms with van der Waals surface area (Å²) in [6.45, 7) is 8.42. The van der Waals surface area contributed by atoms with E-state index in [1.54, 1.807) is 6.92 Å². The predicted octanol–water partition coefficient (Wildman–Crippen LogP) is 3.25. The molecule has 0 radical (unpaired) electrons. The Bertz CT molecular complexity index is 328. The molecular formula is C7H4Cl2N2. The van der Waals surface area contributed by atoms with E-state index in [1.807, 2.05) is 0 Å². The van der Waals surface area contributed by atoms with E-state index in [0.717, 1.165) is 0 Å². The van der Waals surface area contributed by atoms with Crippen molar-refractivity contribution >= 4 is 29.0 Å². The van der Waals surface area contributed by atoms with Crippen LogP contribution in [0.3, 0.4) is 0 Å². The highest BCUT2D eigenvalue weighted by atomic mass is 35.5. The van der Waals surface area contributed by atoms with Crippen LogP contribution in [0, 0.1) is 13.5 Å². The minimum atomic E-state index is 0.202. The van der Waals surface area contributed by atoms with Gasteiger partial charge in [-0.3, -0.25) is 0 Å². The van der Waals surface area contributed by atoms with E-state index >= 15 is 0 Å². The Labute approximate surface area is 74.6 Å². The van der Waals surface area contributed by atoms with E-state index in [4.69, 9.17) is 29.8 Å². The second-order valence-electron chi connectivity index (χ2n) is 1.97. The van der Waals surface area contributed by atoms with Gasteiger partial charge in [0.05, 0.1) is 10.0 Å². The first-order chi connectivity index (χ1) is 5.15. The van der Waals surface area contributed by atoms with E-state index in [-0.39, 0.29) is 5.82 Å². The molecule has 0 aromatic carbocycles. The Morgan fingerprint density at radius 1 is 1.45 bits per heavy atom. The Balaban J connectivity index is 3.35. The minimum Gasteiger partial charge on any atom is -0.359 e. The van der Waals surface area contributed by atoms with E-state index in [0.29, 0.717) is 15.7 Å². The van der Waals surface area contributed by atoms with Gasteiger partial charge in [0.1, 0.15) is 5.69 Å². The maximum absolute atomic E-state index is 6.69. The molecule has 0 N–H and O–H groups in total. The van der Waals surface area contributed by atoms with Crippen LogP contribution in [-0.2, 0) is 0 Å². The maximum atomic E-state index is 6.69. The van der Waals surface area contributed by atoms with Gasteiger partial charge in [0, 0.05) is 6.92 Å². The molecule has 0 unspecified atom stereocenters. The number of halogens is 2. The molecule has 0 aliphatic heterocycles. The fourth-order valence-electron chi connectivity index (χ4n) is 0.624. The van der Waals surface area contributed by atoms with Crippen molar-refractivity contribution in [2.75, 3.05) is 0 Å². The second-order valence-corrected chi connectivity index (χ2v) is 2.79. The number of nitrogens with zero attached hydrogens (tertiary/aromatic N) is 2. The minimum absolute atomic E-state index is 0.202. The lowest BCUT2D eigenvalue weighted by Gasteiger charge is -1.95. The molecule has 2 nitrogen and oxygen atoms in total. The van der Waals surface area contributed by atoms with Gasteiger partial charge in [-0.2, -0.15) is 0 Å². The Morgan fingerprint density at radius 3 is 2.64 bits per heavy atom. The average molecular weight is 187 g/mol. The van der Waals surface area contributed by atoms with Gasteiger partial charge < -0.3 is 4.85 Å². The third-order valence-electron chi connectivity index (χ3n) is 1.19. The lowest BCUT2D eigenvalue weighted by molar-refractivity contribution is 1.22. The third kappa shape index (κ3) is 1.62. The first-order valence-corrected chi connectivity index (χ1v) is 3.61. The first kappa shape index (κ1) is 8.32. The zero-order valence-corrected chi connectivity index (χ0v) is 7.24. The van der Waals surface area contributed by atoms with Gasteiger partial charge in [0.2, 0.25) is 0 Å². The zero-order valence-electron chi connectivity index (χ0n) is 5.73. The number of aryl methyl sites for hydroxylation is 1. The SMILES string of the molecule is [C-]#[N+]c1nc(C)c(Cl)cc1Cl. The number of rotatable bonds is 0. The Morgan fingerprint density at radius 2 is 2.09 bits per heavy atom. The molecule has 4 heteroatoms. The standard InChI is InChI=1S/C7H4Cl2N2/c1-4-5(8)3-6(9)7(10-2)11-4/h3H,1H3. The van der Waals surface area contributed by atoms with Gasteiger partial charge in [0.15, 0.2) is 0 Å². The largest absolute Gasteiger partial charge is 0.359 e. The lowest BCUT2D eigenvalue weighted by Crippen LogP contribution is -1.81. The van der Waals surface area contributed by atoms with Crippen LogP contribution < -0.4 is 0 Å². The Kier molecular flexibility index (Phi) is 2.33. The van der Waals surface area contributed by atoms with Gasteiger partial charge >= 0.3 is 0 Å². The van der Waals surface area contributed by atoms with Crippen LogP contribution in [0.4, 0.5) is 5.82 Å². The molecule has 0 fully saturated rings. The van der Waals surface area contributed by atoms with Crippen molar-refractivity contribution in [1.82, 2.24) is 4.98 Å². The van der Waals surface area contributed by atoms with Gasteiger partial charge in [-0.15, -0.1) is 4.98 Å². The molecule has 0 spiro atoms. The van der Waals surface area contributed by atoms with Crippen molar-refractivity contribution in [3.05, 3.63) is 33.2 Å². The smallest absolute Gasteiger partial charge is 0.288 e. The van der Waals surface area contributed by atoms with Gasteiger partial charge in [-0.1, -0.05) is 29.8 Å². The summed E-state index contributed by atoms with van der Waals surface area (Å²) in [4.78, 5) is 6.99. The van der Waals surface area contributed by atoms with Gasteiger partial charge in [0.25, 0.3) is 5.82 Å². The second kappa shape index (κ2) is 3.08. The molecule has 0 saturated carbocycles.